The molecule has 38 heavy (non-hydrogen) atoms. The van der Waals surface area contributed by atoms with E-state index in [2.05, 4.69) is 10.1 Å². The number of carboxylic acids is 1. The predicted molar refractivity (Wildman–Crippen MR) is 148 cm³/mol. The van der Waals surface area contributed by atoms with Gasteiger partial charge in [-0.05, 0) is 60.7 Å². The molecule has 1 aromatic heterocycles. The molecule has 3 aromatic carbocycles. The number of nitrogens with zero attached hydrogens (tertiary/aromatic N) is 2. The summed E-state index contributed by atoms with van der Waals surface area (Å²) in [5.41, 5.74) is 5.20. The average molecular weight is 570 g/mol. The molecule has 0 saturated heterocycles. The number of aromatic nitrogens is 1. The highest BCUT2D eigenvalue weighted by Gasteiger charge is 2.34. The van der Waals surface area contributed by atoms with Crippen LogP contribution in [0.3, 0.4) is 0 Å². The van der Waals surface area contributed by atoms with Gasteiger partial charge in [0, 0.05) is 30.6 Å². The number of aromatic carboxylic acids is 1. The summed E-state index contributed by atoms with van der Waals surface area (Å²) < 4.78 is 11.9. The van der Waals surface area contributed by atoms with Crippen molar-refractivity contribution < 1.29 is 19.2 Å². The summed E-state index contributed by atoms with van der Waals surface area (Å²) in [4.78, 5) is 13.7. The molecule has 2 heterocycles. The molecule has 1 N–H and O–H groups in total. The van der Waals surface area contributed by atoms with Crippen LogP contribution in [-0.2, 0) is 19.6 Å². The lowest BCUT2D eigenvalue weighted by atomic mass is 9.94. The molecule has 1 aliphatic heterocycles. The number of ether oxygens (including phenoxy) is 1. The minimum atomic E-state index is -0.896. The van der Waals surface area contributed by atoms with Crippen LogP contribution in [0.25, 0.3) is 11.3 Å². The predicted octanol–water partition coefficient (Wildman–Crippen LogP) is 8.02. The number of carboxylic acid groups (broad SMARTS) is 1. The summed E-state index contributed by atoms with van der Waals surface area (Å²) in [7, 11) is 0. The first-order valence-corrected chi connectivity index (χ1v) is 13.5. The Morgan fingerprint density at radius 2 is 1.82 bits per heavy atom. The standard InChI is InChI=1S/C29H23Cl3N2O4/c30-22-5-2-6-23(31)26(22)27-21(28(38-33-27)16-7-8-16)15-37-18-9-10-25(24(32)13-18)34-12-11-19-17(14-34)3-1-4-20(19)29(35)36/h1-6,9-10,13,16H,7-8,11-12,14-15H2,(H,35,36). The fourth-order valence-corrected chi connectivity index (χ4v) is 5.92. The van der Waals surface area contributed by atoms with Crippen LogP contribution in [0.15, 0.2) is 59.1 Å². The fourth-order valence-electron chi connectivity index (χ4n) is 5.05. The zero-order valence-corrected chi connectivity index (χ0v) is 22.5. The Morgan fingerprint density at radius 1 is 1.05 bits per heavy atom. The first-order valence-electron chi connectivity index (χ1n) is 12.3. The summed E-state index contributed by atoms with van der Waals surface area (Å²) in [6.07, 6.45) is 2.73. The molecule has 1 fully saturated rings. The molecule has 9 heteroatoms. The summed E-state index contributed by atoms with van der Waals surface area (Å²) in [5.74, 6) is 0.855. The van der Waals surface area contributed by atoms with E-state index in [9.17, 15) is 9.90 Å². The molecular formula is C29H23Cl3N2O4. The van der Waals surface area contributed by atoms with Crippen molar-refractivity contribution in [2.45, 2.75) is 38.3 Å². The van der Waals surface area contributed by atoms with Crippen LogP contribution in [0.2, 0.25) is 15.1 Å². The molecule has 194 valence electrons. The third kappa shape index (κ3) is 4.73. The first kappa shape index (κ1) is 25.1. The van der Waals surface area contributed by atoms with Gasteiger partial charge < -0.3 is 19.3 Å². The van der Waals surface area contributed by atoms with Crippen molar-refractivity contribution >= 4 is 46.5 Å². The Balaban J connectivity index is 1.23. The van der Waals surface area contributed by atoms with E-state index in [-0.39, 0.29) is 6.61 Å². The van der Waals surface area contributed by atoms with E-state index in [1.165, 1.54) is 0 Å². The summed E-state index contributed by atoms with van der Waals surface area (Å²) >= 11 is 19.6. The maximum Gasteiger partial charge on any atom is 0.335 e. The molecule has 2 aliphatic rings. The van der Waals surface area contributed by atoms with Gasteiger partial charge in [0.05, 0.1) is 31.9 Å². The Morgan fingerprint density at radius 3 is 2.53 bits per heavy atom. The molecule has 6 rings (SSSR count). The third-order valence-corrected chi connectivity index (χ3v) is 8.04. The monoisotopic (exact) mass is 568 g/mol. The molecule has 1 aliphatic carbocycles. The van der Waals surface area contributed by atoms with Gasteiger partial charge in [-0.2, -0.15) is 0 Å². The maximum absolute atomic E-state index is 11.6. The topological polar surface area (TPSA) is 75.8 Å². The second-order valence-electron chi connectivity index (χ2n) is 9.57. The van der Waals surface area contributed by atoms with E-state index in [0.29, 0.717) is 63.1 Å². The van der Waals surface area contributed by atoms with Gasteiger partial charge >= 0.3 is 5.97 Å². The normalized spacial score (nSPS) is 14.9. The Kier molecular flexibility index (Phi) is 6.72. The van der Waals surface area contributed by atoms with Gasteiger partial charge in [0.1, 0.15) is 23.8 Å². The van der Waals surface area contributed by atoms with E-state index in [1.54, 1.807) is 36.4 Å². The van der Waals surface area contributed by atoms with Crippen LogP contribution >= 0.6 is 34.8 Å². The van der Waals surface area contributed by atoms with Gasteiger partial charge in [-0.15, -0.1) is 0 Å². The molecule has 0 unspecified atom stereocenters. The van der Waals surface area contributed by atoms with Crippen LogP contribution in [0.5, 0.6) is 5.75 Å². The zero-order chi connectivity index (χ0) is 26.4. The second kappa shape index (κ2) is 10.2. The summed E-state index contributed by atoms with van der Waals surface area (Å²) in [6, 6.07) is 16.4. The van der Waals surface area contributed by atoms with Gasteiger partial charge in [0.15, 0.2) is 0 Å². The van der Waals surface area contributed by atoms with Gasteiger partial charge in [0.25, 0.3) is 0 Å². The van der Waals surface area contributed by atoms with Crippen molar-refractivity contribution in [2.24, 2.45) is 0 Å². The quantitative estimate of drug-likeness (QED) is 0.243. The fraction of sp³-hybridized carbons (Fsp3) is 0.241. The van der Waals surface area contributed by atoms with E-state index in [1.807, 2.05) is 18.2 Å². The number of fused-ring (bicyclic) bond motifs is 1. The van der Waals surface area contributed by atoms with Crippen LogP contribution in [0, 0.1) is 0 Å². The van der Waals surface area contributed by atoms with Crippen LogP contribution in [-0.4, -0.2) is 22.8 Å². The number of hydrogen-bond acceptors (Lipinski definition) is 5. The van der Waals surface area contributed by atoms with Crippen molar-refractivity contribution in [1.29, 1.82) is 0 Å². The van der Waals surface area contributed by atoms with Crippen molar-refractivity contribution in [2.75, 3.05) is 11.4 Å². The highest BCUT2D eigenvalue weighted by atomic mass is 35.5. The van der Waals surface area contributed by atoms with Crippen molar-refractivity contribution in [3.63, 3.8) is 0 Å². The van der Waals surface area contributed by atoms with E-state index in [0.717, 1.165) is 41.0 Å². The lowest BCUT2D eigenvalue weighted by Crippen LogP contribution is -2.31. The van der Waals surface area contributed by atoms with Crippen molar-refractivity contribution in [1.82, 2.24) is 5.16 Å². The van der Waals surface area contributed by atoms with Crippen LogP contribution in [0.1, 0.15) is 51.6 Å². The number of carbonyl (C=O) groups is 1. The highest BCUT2D eigenvalue weighted by Crippen LogP contribution is 2.46. The number of benzene rings is 3. The minimum Gasteiger partial charge on any atom is -0.489 e. The second-order valence-corrected chi connectivity index (χ2v) is 10.8. The van der Waals surface area contributed by atoms with Crippen LogP contribution < -0.4 is 9.64 Å². The lowest BCUT2D eigenvalue weighted by Gasteiger charge is -2.32. The Bertz CT molecular complexity index is 1530. The molecule has 0 spiro atoms. The summed E-state index contributed by atoms with van der Waals surface area (Å²) in [5, 5.41) is 15.4. The molecular weight excluding hydrogens is 547 g/mol. The van der Waals surface area contributed by atoms with E-state index >= 15 is 0 Å². The van der Waals surface area contributed by atoms with Gasteiger partial charge in [0.2, 0.25) is 0 Å². The Hall–Kier alpha value is -3.19. The molecule has 0 amide bonds. The lowest BCUT2D eigenvalue weighted by molar-refractivity contribution is 0.0695. The molecule has 0 radical (unpaired) electrons. The van der Waals surface area contributed by atoms with Gasteiger partial charge in [-0.1, -0.05) is 58.2 Å². The summed E-state index contributed by atoms with van der Waals surface area (Å²) in [6.45, 7) is 1.49. The molecule has 0 bridgehead atoms. The number of halogens is 3. The maximum atomic E-state index is 11.6. The third-order valence-electron chi connectivity index (χ3n) is 7.11. The molecule has 1 saturated carbocycles. The largest absolute Gasteiger partial charge is 0.489 e. The number of hydrogen-bond donors (Lipinski definition) is 1. The number of anilines is 1. The van der Waals surface area contributed by atoms with Crippen molar-refractivity contribution in [3.8, 4) is 17.0 Å². The van der Waals surface area contributed by atoms with Gasteiger partial charge in [-0.25, -0.2) is 4.79 Å². The zero-order valence-electron chi connectivity index (χ0n) is 20.2. The van der Waals surface area contributed by atoms with E-state index < -0.39 is 5.97 Å². The SMILES string of the molecule is O=C(O)c1cccc2c1CCN(c1ccc(OCc3c(-c4c(Cl)cccc4Cl)noc3C3CC3)cc1Cl)C2. The Labute approximate surface area is 234 Å². The van der Waals surface area contributed by atoms with Crippen LogP contribution in [0.4, 0.5) is 5.69 Å². The molecule has 6 nitrogen and oxygen atoms in total. The molecule has 4 aromatic rings. The number of rotatable bonds is 7. The molecule has 0 atom stereocenters. The van der Waals surface area contributed by atoms with Gasteiger partial charge in [-0.3, -0.25) is 0 Å². The minimum absolute atomic E-state index is 0.233. The van der Waals surface area contributed by atoms with E-state index in [4.69, 9.17) is 44.1 Å². The smallest absolute Gasteiger partial charge is 0.335 e. The van der Waals surface area contributed by atoms with Crippen molar-refractivity contribution in [3.05, 3.63) is 97.7 Å². The highest BCUT2D eigenvalue weighted by molar-refractivity contribution is 6.39. The first-order chi connectivity index (χ1) is 18.4. The average Bonchev–Trinajstić information content (AvgIpc) is 3.67.